The molecule has 0 atom stereocenters. The molecule has 0 radical (unpaired) electrons. The number of nitrogen functional groups attached to an aromatic ring is 1. The lowest BCUT2D eigenvalue weighted by molar-refractivity contribution is 0.0983. The molecule has 0 saturated carbocycles. The Kier molecular flexibility index (Phi) is 7.01. The minimum Gasteiger partial charge on any atom is -0.383 e. The molecule has 28 heavy (non-hydrogen) atoms. The number of aromatic nitrogens is 2. The maximum atomic E-state index is 13.4. The minimum absolute atomic E-state index is 0.0157. The number of benzene rings is 1. The van der Waals surface area contributed by atoms with Crippen molar-refractivity contribution < 1.29 is 9.18 Å². The zero-order valence-corrected chi connectivity index (χ0v) is 16.8. The van der Waals surface area contributed by atoms with Crippen molar-refractivity contribution in [1.29, 1.82) is 0 Å². The summed E-state index contributed by atoms with van der Waals surface area (Å²) in [6.45, 7) is 6.16. The fraction of sp³-hybridized carbons (Fsp3) is 0.421. The maximum absolute atomic E-state index is 13.4. The number of nitrogens with zero attached hydrogens (tertiary/aromatic N) is 2. The third-order valence-corrected chi connectivity index (χ3v) is 4.49. The molecule has 2 rings (SSSR count). The van der Waals surface area contributed by atoms with Gasteiger partial charge in [-0.1, -0.05) is 38.8 Å². The van der Waals surface area contributed by atoms with Crippen LogP contribution in [0.15, 0.2) is 27.8 Å². The second-order valence-electron chi connectivity index (χ2n) is 6.93. The summed E-state index contributed by atoms with van der Waals surface area (Å²) in [4.78, 5) is 41.3. The zero-order valence-electron chi connectivity index (χ0n) is 16.1. The highest BCUT2D eigenvalue weighted by Crippen LogP contribution is 2.25. The highest BCUT2D eigenvalue weighted by molar-refractivity contribution is 6.34. The van der Waals surface area contributed by atoms with E-state index in [-0.39, 0.29) is 34.6 Å². The van der Waals surface area contributed by atoms with Crippen molar-refractivity contribution >= 4 is 29.0 Å². The fourth-order valence-electron chi connectivity index (χ4n) is 2.83. The molecule has 3 N–H and O–H groups in total. The van der Waals surface area contributed by atoms with Crippen LogP contribution in [0, 0.1) is 11.7 Å². The number of unbranched alkanes of at least 4 members (excludes halogenated alkanes) is 1. The third kappa shape index (κ3) is 4.62. The molecule has 0 unspecified atom stereocenters. The van der Waals surface area contributed by atoms with Crippen molar-refractivity contribution in [2.45, 2.75) is 40.2 Å². The number of hydrogen-bond acceptors (Lipinski definition) is 4. The molecule has 0 bridgehead atoms. The lowest BCUT2D eigenvalue weighted by atomic mass is 10.1. The van der Waals surface area contributed by atoms with Crippen LogP contribution in [-0.2, 0) is 6.54 Å². The van der Waals surface area contributed by atoms with Crippen molar-refractivity contribution in [3.8, 4) is 0 Å². The van der Waals surface area contributed by atoms with Gasteiger partial charge in [0.25, 0.3) is 11.5 Å². The van der Waals surface area contributed by atoms with Crippen LogP contribution >= 0.6 is 11.6 Å². The molecule has 1 aromatic heterocycles. The summed E-state index contributed by atoms with van der Waals surface area (Å²) < 4.78 is 14.6. The first-order valence-corrected chi connectivity index (χ1v) is 9.44. The third-order valence-electron chi connectivity index (χ3n) is 4.17. The van der Waals surface area contributed by atoms with Crippen LogP contribution in [0.5, 0.6) is 0 Å². The van der Waals surface area contributed by atoms with E-state index < -0.39 is 23.0 Å². The zero-order chi connectivity index (χ0) is 21.0. The highest BCUT2D eigenvalue weighted by Gasteiger charge is 2.27. The Labute approximate surface area is 166 Å². The summed E-state index contributed by atoms with van der Waals surface area (Å²) in [5.74, 6) is -1.29. The Morgan fingerprint density at radius 1 is 1.36 bits per heavy atom. The van der Waals surface area contributed by atoms with E-state index in [1.54, 1.807) is 0 Å². The number of aromatic amines is 1. The number of amides is 1. The molecule has 0 aliphatic carbocycles. The number of nitrogens with one attached hydrogen (secondary N) is 1. The summed E-state index contributed by atoms with van der Waals surface area (Å²) in [5, 5.41) is -0.0759. The van der Waals surface area contributed by atoms with Gasteiger partial charge in [-0.05, 0) is 30.5 Å². The first-order valence-electron chi connectivity index (χ1n) is 9.06. The monoisotopic (exact) mass is 410 g/mol. The van der Waals surface area contributed by atoms with Crippen LogP contribution in [0.4, 0.5) is 15.9 Å². The molecule has 1 amide bonds. The van der Waals surface area contributed by atoms with Crippen LogP contribution in [0.2, 0.25) is 5.02 Å². The second kappa shape index (κ2) is 9.05. The van der Waals surface area contributed by atoms with E-state index in [2.05, 4.69) is 4.98 Å². The van der Waals surface area contributed by atoms with Crippen LogP contribution in [0.25, 0.3) is 0 Å². The van der Waals surface area contributed by atoms with Gasteiger partial charge in [-0.2, -0.15) is 0 Å². The van der Waals surface area contributed by atoms with Gasteiger partial charge in [0, 0.05) is 13.1 Å². The smallest absolute Gasteiger partial charge is 0.330 e. The van der Waals surface area contributed by atoms with Crippen molar-refractivity contribution in [1.82, 2.24) is 9.55 Å². The number of hydrogen-bond donors (Lipinski definition) is 2. The number of carbonyl (C=O) groups is 1. The average molecular weight is 411 g/mol. The largest absolute Gasteiger partial charge is 0.383 e. The molecular formula is C19H24ClFN4O3. The predicted molar refractivity (Wildman–Crippen MR) is 109 cm³/mol. The molecule has 9 heteroatoms. The summed E-state index contributed by atoms with van der Waals surface area (Å²) >= 11 is 6.04. The quantitative estimate of drug-likeness (QED) is 0.732. The van der Waals surface area contributed by atoms with Gasteiger partial charge in [0.2, 0.25) is 0 Å². The van der Waals surface area contributed by atoms with Gasteiger partial charge in [-0.25, -0.2) is 9.18 Å². The average Bonchev–Trinajstić information content (AvgIpc) is 2.59. The molecule has 0 aliphatic rings. The van der Waals surface area contributed by atoms with E-state index in [4.69, 9.17) is 17.3 Å². The van der Waals surface area contributed by atoms with Gasteiger partial charge in [-0.15, -0.1) is 0 Å². The van der Waals surface area contributed by atoms with Crippen molar-refractivity contribution in [2.24, 2.45) is 5.92 Å². The van der Waals surface area contributed by atoms with Crippen LogP contribution < -0.4 is 21.9 Å². The maximum Gasteiger partial charge on any atom is 0.330 e. The summed E-state index contributed by atoms with van der Waals surface area (Å²) in [6, 6.07) is 3.39. The molecule has 7 nitrogen and oxygen atoms in total. The van der Waals surface area contributed by atoms with Gasteiger partial charge < -0.3 is 10.6 Å². The number of halogens is 2. The Morgan fingerprint density at radius 2 is 2.04 bits per heavy atom. The van der Waals surface area contributed by atoms with E-state index in [0.717, 1.165) is 18.6 Å². The van der Waals surface area contributed by atoms with Gasteiger partial charge in [0.15, 0.2) is 5.69 Å². The fourth-order valence-corrected chi connectivity index (χ4v) is 3.07. The van der Waals surface area contributed by atoms with Crippen molar-refractivity contribution in [3.05, 3.63) is 55.4 Å². The molecule has 1 heterocycles. The van der Waals surface area contributed by atoms with Gasteiger partial charge >= 0.3 is 5.69 Å². The summed E-state index contributed by atoms with van der Waals surface area (Å²) in [5.41, 5.74) is 4.67. The first kappa shape index (κ1) is 21.7. The van der Waals surface area contributed by atoms with E-state index in [9.17, 15) is 18.8 Å². The first-order chi connectivity index (χ1) is 13.2. The predicted octanol–water partition coefficient (Wildman–Crippen LogP) is 3.01. The number of carbonyl (C=O) groups excluding carboxylic acids is 1. The number of nitrogens with two attached hydrogens (primary N) is 1. The summed E-state index contributed by atoms with van der Waals surface area (Å²) in [7, 11) is 0. The normalized spacial score (nSPS) is 11.1. The molecule has 152 valence electrons. The van der Waals surface area contributed by atoms with E-state index in [1.807, 2.05) is 20.8 Å². The van der Waals surface area contributed by atoms with E-state index >= 15 is 0 Å². The molecule has 0 fully saturated rings. The van der Waals surface area contributed by atoms with Crippen LogP contribution in [0.1, 0.15) is 44.0 Å². The molecule has 2 aromatic rings. The van der Waals surface area contributed by atoms with Crippen molar-refractivity contribution in [2.75, 3.05) is 17.2 Å². The molecule has 0 saturated heterocycles. The van der Waals surface area contributed by atoms with Crippen LogP contribution in [-0.4, -0.2) is 22.0 Å². The number of rotatable bonds is 7. The summed E-state index contributed by atoms with van der Waals surface area (Å²) in [6.07, 6.45) is 1.50. The topological polar surface area (TPSA) is 101 Å². The standard InChI is InChI=1S/C19H24ClFN4O3/c1-4-5-8-24-16(22)15(17(26)23-19(24)28)25(10-11(2)3)18(27)13-7-6-12(21)9-14(13)20/h6-7,9,11H,4-5,8,10,22H2,1-3H3,(H,23,26,28). The molecule has 0 aliphatic heterocycles. The number of anilines is 2. The Bertz CT molecular complexity index is 984. The van der Waals surface area contributed by atoms with Crippen molar-refractivity contribution in [3.63, 3.8) is 0 Å². The second-order valence-corrected chi connectivity index (χ2v) is 7.34. The SMILES string of the molecule is CCCCn1c(N)c(N(CC(C)C)C(=O)c2ccc(F)cc2Cl)c(=O)[nH]c1=O. The minimum atomic E-state index is -0.762. The molecule has 1 aromatic carbocycles. The van der Waals surface area contributed by atoms with Gasteiger partial charge in [0.1, 0.15) is 11.6 Å². The Hall–Kier alpha value is -2.61. The highest BCUT2D eigenvalue weighted by atomic mass is 35.5. The van der Waals surface area contributed by atoms with Crippen LogP contribution in [0.3, 0.4) is 0 Å². The Morgan fingerprint density at radius 3 is 2.61 bits per heavy atom. The number of H-pyrrole nitrogens is 1. The lowest BCUT2D eigenvalue weighted by Crippen LogP contribution is -2.42. The van der Waals surface area contributed by atoms with Gasteiger partial charge in [0.05, 0.1) is 10.6 Å². The molecular weight excluding hydrogens is 387 g/mol. The van der Waals surface area contributed by atoms with E-state index in [0.29, 0.717) is 13.0 Å². The Balaban J connectivity index is 2.64. The molecule has 0 spiro atoms. The lowest BCUT2D eigenvalue weighted by Gasteiger charge is -2.26. The van der Waals surface area contributed by atoms with E-state index in [1.165, 1.54) is 15.5 Å². The van der Waals surface area contributed by atoms with Gasteiger partial charge in [-0.3, -0.25) is 19.1 Å².